The Hall–Kier alpha value is -2.58. The monoisotopic (exact) mass is 378 g/mol. The molecule has 8 heteroatoms. The Morgan fingerprint density at radius 1 is 1.04 bits per heavy atom. The highest BCUT2D eigenvalue weighted by Gasteiger charge is 2.13. The molecule has 0 aromatic heterocycles. The first-order valence-electron chi connectivity index (χ1n) is 7.96. The van der Waals surface area contributed by atoms with Crippen LogP contribution in [0, 0.1) is 0 Å². The Kier molecular flexibility index (Phi) is 6.99. The number of rotatable bonds is 9. The first kappa shape index (κ1) is 19.7. The molecular weight excluding hydrogens is 356 g/mol. The number of benzene rings is 2. The number of ether oxygens (including phenoxy) is 2. The Balaban J connectivity index is 1.84. The summed E-state index contributed by atoms with van der Waals surface area (Å²) in [6.45, 7) is 0.119. The smallest absolute Gasteiger partial charge is 0.251 e. The van der Waals surface area contributed by atoms with Crippen molar-refractivity contribution in [2.75, 3.05) is 26.5 Å². The number of para-hydroxylation sites is 1. The molecule has 0 bridgehead atoms. The molecule has 0 saturated carbocycles. The van der Waals surface area contributed by atoms with Crippen LogP contribution in [0.5, 0.6) is 11.5 Å². The maximum absolute atomic E-state index is 12.1. The van der Waals surface area contributed by atoms with E-state index in [2.05, 4.69) is 10.0 Å². The average molecular weight is 378 g/mol. The van der Waals surface area contributed by atoms with Gasteiger partial charge < -0.3 is 14.8 Å². The SMILES string of the molecule is COc1cccc(C(=O)NCCS(=O)(=O)NCc2ccccc2OC)c1. The summed E-state index contributed by atoms with van der Waals surface area (Å²) in [4.78, 5) is 12.1. The standard InChI is InChI=1S/C18H22N2O5S/c1-24-16-8-5-7-14(12-16)18(21)19-10-11-26(22,23)20-13-15-6-3-4-9-17(15)25-2/h3-9,12,20H,10-11,13H2,1-2H3,(H,19,21). The molecule has 2 rings (SSSR count). The molecule has 0 atom stereocenters. The van der Waals surface area contributed by atoms with Crippen LogP contribution in [0.2, 0.25) is 0 Å². The highest BCUT2D eigenvalue weighted by atomic mass is 32.2. The van der Waals surface area contributed by atoms with E-state index in [-0.39, 0.29) is 24.7 Å². The molecular formula is C18H22N2O5S. The van der Waals surface area contributed by atoms with Gasteiger partial charge in [-0.05, 0) is 24.3 Å². The summed E-state index contributed by atoms with van der Waals surface area (Å²) in [5.41, 5.74) is 1.14. The van der Waals surface area contributed by atoms with Crippen molar-refractivity contribution in [3.63, 3.8) is 0 Å². The molecule has 0 radical (unpaired) electrons. The number of hydrogen-bond donors (Lipinski definition) is 2. The van der Waals surface area contributed by atoms with E-state index >= 15 is 0 Å². The van der Waals surface area contributed by atoms with E-state index in [0.717, 1.165) is 5.56 Å². The number of sulfonamides is 1. The van der Waals surface area contributed by atoms with Crippen molar-refractivity contribution in [1.29, 1.82) is 0 Å². The molecule has 0 heterocycles. The topological polar surface area (TPSA) is 93.7 Å². The van der Waals surface area contributed by atoms with Crippen molar-refractivity contribution in [3.05, 3.63) is 59.7 Å². The van der Waals surface area contributed by atoms with Crippen LogP contribution in [0.4, 0.5) is 0 Å². The molecule has 7 nitrogen and oxygen atoms in total. The molecule has 0 aliphatic rings. The van der Waals surface area contributed by atoms with Crippen LogP contribution >= 0.6 is 0 Å². The third-order valence-corrected chi connectivity index (χ3v) is 4.99. The van der Waals surface area contributed by atoms with E-state index in [1.165, 1.54) is 14.2 Å². The summed E-state index contributed by atoms with van der Waals surface area (Å²) < 4.78 is 36.9. The van der Waals surface area contributed by atoms with Crippen molar-refractivity contribution in [2.24, 2.45) is 0 Å². The number of methoxy groups -OCH3 is 2. The van der Waals surface area contributed by atoms with Crippen LogP contribution in [0.15, 0.2) is 48.5 Å². The minimum absolute atomic E-state index is 0.00268. The summed E-state index contributed by atoms with van der Waals surface area (Å²) in [7, 11) is -0.500. The van der Waals surface area contributed by atoms with Gasteiger partial charge in [-0.1, -0.05) is 24.3 Å². The fourth-order valence-corrected chi connectivity index (χ4v) is 3.16. The van der Waals surface area contributed by atoms with Crippen molar-refractivity contribution < 1.29 is 22.7 Å². The molecule has 26 heavy (non-hydrogen) atoms. The first-order valence-corrected chi connectivity index (χ1v) is 9.62. The highest BCUT2D eigenvalue weighted by Crippen LogP contribution is 2.17. The lowest BCUT2D eigenvalue weighted by Crippen LogP contribution is -2.34. The number of amides is 1. The Morgan fingerprint density at radius 3 is 2.54 bits per heavy atom. The van der Waals surface area contributed by atoms with Crippen LogP contribution < -0.4 is 19.5 Å². The molecule has 0 fully saturated rings. The van der Waals surface area contributed by atoms with Crippen molar-refractivity contribution in [2.45, 2.75) is 6.54 Å². The Labute approximate surface area is 153 Å². The lowest BCUT2D eigenvalue weighted by atomic mass is 10.2. The highest BCUT2D eigenvalue weighted by molar-refractivity contribution is 7.89. The maximum Gasteiger partial charge on any atom is 0.251 e. The average Bonchev–Trinajstić information content (AvgIpc) is 2.66. The lowest BCUT2D eigenvalue weighted by molar-refractivity contribution is 0.0955. The van der Waals surface area contributed by atoms with E-state index in [1.54, 1.807) is 42.5 Å². The minimum atomic E-state index is -3.54. The van der Waals surface area contributed by atoms with Crippen LogP contribution in [-0.2, 0) is 16.6 Å². The summed E-state index contributed by atoms with van der Waals surface area (Å²) >= 11 is 0. The van der Waals surface area contributed by atoms with Gasteiger partial charge in [-0.3, -0.25) is 4.79 Å². The van der Waals surface area contributed by atoms with Crippen molar-refractivity contribution in [3.8, 4) is 11.5 Å². The quantitative estimate of drug-likeness (QED) is 0.691. The third kappa shape index (κ3) is 5.75. The van der Waals surface area contributed by atoms with E-state index in [0.29, 0.717) is 17.1 Å². The van der Waals surface area contributed by atoms with E-state index in [1.807, 2.05) is 6.07 Å². The van der Waals surface area contributed by atoms with Gasteiger partial charge >= 0.3 is 0 Å². The Bertz CT molecular complexity index is 852. The number of carbonyl (C=O) groups is 1. The van der Waals surface area contributed by atoms with E-state index < -0.39 is 10.0 Å². The van der Waals surface area contributed by atoms with E-state index in [9.17, 15) is 13.2 Å². The van der Waals surface area contributed by atoms with Crippen LogP contribution in [0.3, 0.4) is 0 Å². The normalized spacial score (nSPS) is 11.0. The van der Waals surface area contributed by atoms with Gasteiger partial charge in [0, 0.05) is 24.2 Å². The molecule has 0 unspecified atom stereocenters. The second-order valence-electron chi connectivity index (χ2n) is 5.44. The predicted octanol–water partition coefficient (Wildman–Crippen LogP) is 1.55. The number of carbonyl (C=O) groups excluding carboxylic acids is 1. The lowest BCUT2D eigenvalue weighted by Gasteiger charge is -2.11. The maximum atomic E-state index is 12.1. The zero-order chi connectivity index (χ0) is 19.0. The largest absolute Gasteiger partial charge is 0.497 e. The van der Waals surface area contributed by atoms with Gasteiger partial charge in [-0.15, -0.1) is 0 Å². The number of hydrogen-bond acceptors (Lipinski definition) is 5. The van der Waals surface area contributed by atoms with Gasteiger partial charge in [-0.2, -0.15) is 0 Å². The molecule has 2 aromatic carbocycles. The minimum Gasteiger partial charge on any atom is -0.497 e. The fourth-order valence-electron chi connectivity index (χ4n) is 2.27. The molecule has 0 aliphatic heterocycles. The first-order chi connectivity index (χ1) is 12.4. The van der Waals surface area contributed by atoms with Crippen LogP contribution in [0.1, 0.15) is 15.9 Å². The van der Waals surface area contributed by atoms with Gasteiger partial charge in [0.15, 0.2) is 0 Å². The molecule has 2 N–H and O–H groups in total. The summed E-state index contributed by atoms with van der Waals surface area (Å²) in [5, 5.41) is 2.59. The van der Waals surface area contributed by atoms with Gasteiger partial charge in [0.2, 0.25) is 10.0 Å². The summed E-state index contributed by atoms with van der Waals surface area (Å²) in [5.74, 6) is 0.590. The van der Waals surface area contributed by atoms with Crippen LogP contribution in [-0.4, -0.2) is 40.8 Å². The zero-order valence-electron chi connectivity index (χ0n) is 14.7. The third-order valence-electron chi connectivity index (χ3n) is 3.66. The summed E-state index contributed by atoms with van der Waals surface area (Å²) in [6, 6.07) is 13.8. The van der Waals surface area contributed by atoms with Gasteiger partial charge in [0.05, 0.1) is 20.0 Å². The fraction of sp³-hybridized carbons (Fsp3) is 0.278. The van der Waals surface area contributed by atoms with Crippen molar-refractivity contribution in [1.82, 2.24) is 10.0 Å². The van der Waals surface area contributed by atoms with Gasteiger partial charge in [0.1, 0.15) is 11.5 Å². The molecule has 140 valence electrons. The molecule has 0 saturated heterocycles. The second-order valence-corrected chi connectivity index (χ2v) is 7.37. The van der Waals surface area contributed by atoms with Gasteiger partial charge in [-0.25, -0.2) is 13.1 Å². The van der Waals surface area contributed by atoms with E-state index in [4.69, 9.17) is 9.47 Å². The number of nitrogens with one attached hydrogen (secondary N) is 2. The zero-order valence-corrected chi connectivity index (χ0v) is 15.5. The Morgan fingerprint density at radius 2 is 1.81 bits per heavy atom. The predicted molar refractivity (Wildman–Crippen MR) is 98.9 cm³/mol. The van der Waals surface area contributed by atoms with Crippen molar-refractivity contribution >= 4 is 15.9 Å². The molecule has 2 aromatic rings. The summed E-state index contributed by atoms with van der Waals surface area (Å²) in [6.07, 6.45) is 0. The molecule has 1 amide bonds. The van der Waals surface area contributed by atoms with Gasteiger partial charge in [0.25, 0.3) is 5.91 Å². The molecule has 0 aliphatic carbocycles. The molecule has 0 spiro atoms. The van der Waals surface area contributed by atoms with Crippen LogP contribution in [0.25, 0.3) is 0 Å². The second kappa shape index (κ2) is 9.21.